The van der Waals surface area contributed by atoms with Crippen LogP contribution in [0.3, 0.4) is 0 Å². The quantitative estimate of drug-likeness (QED) is 0.859. The van der Waals surface area contributed by atoms with Gasteiger partial charge in [-0.3, -0.25) is 4.90 Å². The molecule has 0 saturated heterocycles. The fourth-order valence-electron chi connectivity index (χ4n) is 2.01. The van der Waals surface area contributed by atoms with Crippen molar-refractivity contribution in [2.45, 2.75) is 19.5 Å². The maximum Gasteiger partial charge on any atom is 0.128 e. The minimum atomic E-state index is -0.259. The molecule has 0 aliphatic heterocycles. The van der Waals surface area contributed by atoms with E-state index >= 15 is 0 Å². The Labute approximate surface area is 124 Å². The Morgan fingerprint density at radius 3 is 2.81 bits per heavy atom. The van der Waals surface area contributed by atoms with Crippen molar-refractivity contribution in [2.24, 2.45) is 0 Å². The molecule has 1 aromatic carbocycles. The van der Waals surface area contributed by atoms with E-state index in [0.29, 0.717) is 30.6 Å². The second-order valence-corrected chi connectivity index (χ2v) is 4.89. The van der Waals surface area contributed by atoms with Gasteiger partial charge in [-0.05, 0) is 25.2 Å². The van der Waals surface area contributed by atoms with Crippen LogP contribution in [-0.4, -0.2) is 23.7 Å². The monoisotopic (exact) mass is 287 g/mol. The van der Waals surface area contributed by atoms with E-state index in [4.69, 9.17) is 9.52 Å². The molecule has 1 aromatic heterocycles. The zero-order valence-corrected chi connectivity index (χ0v) is 12.0. The second-order valence-electron chi connectivity index (χ2n) is 4.89. The van der Waals surface area contributed by atoms with Crippen LogP contribution in [0, 0.1) is 17.7 Å². The molecular formula is C17H18FNO2. The Balaban J connectivity index is 1.99. The van der Waals surface area contributed by atoms with Gasteiger partial charge >= 0.3 is 0 Å². The summed E-state index contributed by atoms with van der Waals surface area (Å²) in [6, 6.07) is 6.89. The van der Waals surface area contributed by atoms with Crippen molar-refractivity contribution < 1.29 is 13.9 Å². The molecule has 1 heterocycles. The van der Waals surface area contributed by atoms with Gasteiger partial charge in [0, 0.05) is 36.2 Å². The van der Waals surface area contributed by atoms with Crippen molar-refractivity contribution in [2.75, 3.05) is 13.7 Å². The molecule has 0 aliphatic rings. The van der Waals surface area contributed by atoms with Gasteiger partial charge in [-0.1, -0.05) is 17.9 Å². The number of benzene rings is 1. The highest BCUT2D eigenvalue weighted by Crippen LogP contribution is 2.14. The first-order valence-corrected chi connectivity index (χ1v) is 6.77. The van der Waals surface area contributed by atoms with Crippen molar-refractivity contribution >= 4 is 0 Å². The minimum absolute atomic E-state index is 0.0202. The molecule has 110 valence electrons. The molecular weight excluding hydrogens is 269 g/mol. The van der Waals surface area contributed by atoms with Gasteiger partial charge in [0.25, 0.3) is 0 Å². The van der Waals surface area contributed by atoms with Crippen LogP contribution in [0.15, 0.2) is 41.2 Å². The first-order valence-electron chi connectivity index (χ1n) is 6.77. The van der Waals surface area contributed by atoms with Crippen molar-refractivity contribution in [3.63, 3.8) is 0 Å². The van der Waals surface area contributed by atoms with E-state index in [1.54, 1.807) is 24.7 Å². The highest BCUT2D eigenvalue weighted by atomic mass is 19.1. The molecule has 0 bridgehead atoms. The molecule has 1 N–H and O–H groups in total. The van der Waals surface area contributed by atoms with Gasteiger partial charge in [-0.25, -0.2) is 4.39 Å². The number of halogens is 1. The molecule has 0 aliphatic carbocycles. The number of rotatable bonds is 5. The maximum atomic E-state index is 14.0. The molecule has 3 nitrogen and oxygen atoms in total. The van der Waals surface area contributed by atoms with E-state index in [1.165, 1.54) is 6.07 Å². The summed E-state index contributed by atoms with van der Waals surface area (Å²) < 4.78 is 19.1. The van der Waals surface area contributed by atoms with E-state index in [-0.39, 0.29) is 12.4 Å². The number of furan rings is 1. The molecule has 2 rings (SSSR count). The highest BCUT2D eigenvalue weighted by Gasteiger charge is 2.07. The summed E-state index contributed by atoms with van der Waals surface area (Å²) in [5, 5.41) is 8.66. The molecule has 0 saturated carbocycles. The van der Waals surface area contributed by atoms with Crippen molar-refractivity contribution in [3.8, 4) is 11.8 Å². The number of nitrogens with zero attached hydrogens (tertiary/aromatic N) is 1. The van der Waals surface area contributed by atoms with Crippen LogP contribution < -0.4 is 0 Å². The normalized spacial score (nSPS) is 10.5. The van der Waals surface area contributed by atoms with Gasteiger partial charge in [0.1, 0.15) is 5.82 Å². The van der Waals surface area contributed by atoms with E-state index in [2.05, 4.69) is 11.8 Å². The molecule has 0 fully saturated rings. The largest absolute Gasteiger partial charge is 0.472 e. The summed E-state index contributed by atoms with van der Waals surface area (Å²) >= 11 is 0. The first-order chi connectivity index (χ1) is 10.2. The summed E-state index contributed by atoms with van der Waals surface area (Å²) in [7, 11) is 1.93. The second kappa shape index (κ2) is 7.63. The Bertz CT molecular complexity index is 626. The first kappa shape index (κ1) is 15.3. The SMILES string of the molecule is CN(Cc1ccoc1)Cc1ccc(C#CCCO)cc1F. The van der Waals surface area contributed by atoms with Crippen LogP contribution >= 0.6 is 0 Å². The lowest BCUT2D eigenvalue weighted by molar-refractivity contribution is 0.305. The third-order valence-electron chi connectivity index (χ3n) is 3.00. The zero-order valence-electron chi connectivity index (χ0n) is 12.0. The topological polar surface area (TPSA) is 36.6 Å². The summed E-state index contributed by atoms with van der Waals surface area (Å²) in [5.41, 5.74) is 2.32. The third-order valence-corrected chi connectivity index (χ3v) is 3.00. The van der Waals surface area contributed by atoms with Crippen LogP contribution in [0.5, 0.6) is 0 Å². The predicted octanol–water partition coefficient (Wildman–Crippen LogP) is 2.78. The molecule has 2 aromatic rings. The van der Waals surface area contributed by atoms with Crippen LogP contribution in [0.25, 0.3) is 0 Å². The van der Waals surface area contributed by atoms with Gasteiger partial charge in [-0.2, -0.15) is 0 Å². The fraction of sp³-hybridized carbons (Fsp3) is 0.294. The van der Waals surface area contributed by atoms with Gasteiger partial charge in [-0.15, -0.1) is 0 Å². The molecule has 0 unspecified atom stereocenters. The minimum Gasteiger partial charge on any atom is -0.472 e. The highest BCUT2D eigenvalue weighted by molar-refractivity contribution is 5.37. The number of hydrogen-bond donors (Lipinski definition) is 1. The summed E-state index contributed by atoms with van der Waals surface area (Å²) in [6.45, 7) is 1.24. The van der Waals surface area contributed by atoms with Crippen LogP contribution in [-0.2, 0) is 13.1 Å². The fourth-order valence-corrected chi connectivity index (χ4v) is 2.01. The Morgan fingerprint density at radius 2 is 2.14 bits per heavy atom. The van der Waals surface area contributed by atoms with E-state index in [9.17, 15) is 4.39 Å². The lowest BCUT2D eigenvalue weighted by Crippen LogP contribution is -2.17. The average Bonchev–Trinajstić information content (AvgIpc) is 2.95. The number of aliphatic hydroxyl groups excluding tert-OH is 1. The van der Waals surface area contributed by atoms with E-state index in [1.807, 2.05) is 18.0 Å². The maximum absolute atomic E-state index is 14.0. The summed E-state index contributed by atoms with van der Waals surface area (Å²) in [6.07, 6.45) is 3.72. The Kier molecular flexibility index (Phi) is 5.56. The van der Waals surface area contributed by atoms with Gasteiger partial charge < -0.3 is 9.52 Å². The molecule has 0 atom stereocenters. The smallest absolute Gasteiger partial charge is 0.128 e. The van der Waals surface area contributed by atoms with Gasteiger partial charge in [0.05, 0.1) is 19.1 Å². The van der Waals surface area contributed by atoms with Crippen LogP contribution in [0.1, 0.15) is 23.1 Å². The van der Waals surface area contributed by atoms with Crippen LogP contribution in [0.2, 0.25) is 0 Å². The predicted molar refractivity (Wildman–Crippen MR) is 78.9 cm³/mol. The van der Waals surface area contributed by atoms with Crippen LogP contribution in [0.4, 0.5) is 4.39 Å². The summed E-state index contributed by atoms with van der Waals surface area (Å²) in [5.74, 6) is 5.35. The molecule has 0 spiro atoms. The molecule has 0 radical (unpaired) electrons. The third kappa shape index (κ3) is 4.75. The molecule has 21 heavy (non-hydrogen) atoms. The van der Waals surface area contributed by atoms with E-state index < -0.39 is 0 Å². The van der Waals surface area contributed by atoms with Crippen molar-refractivity contribution in [1.82, 2.24) is 4.90 Å². The Hall–Kier alpha value is -2.09. The molecule has 0 amide bonds. The average molecular weight is 287 g/mol. The van der Waals surface area contributed by atoms with E-state index in [0.717, 1.165) is 5.56 Å². The number of hydrogen-bond acceptors (Lipinski definition) is 3. The van der Waals surface area contributed by atoms with Gasteiger partial charge in [0.2, 0.25) is 0 Å². The van der Waals surface area contributed by atoms with Crippen molar-refractivity contribution in [1.29, 1.82) is 0 Å². The summed E-state index contributed by atoms with van der Waals surface area (Å²) in [4.78, 5) is 2.01. The van der Waals surface area contributed by atoms with Gasteiger partial charge in [0.15, 0.2) is 0 Å². The standard InChI is InChI=1S/C17H18FNO2/c1-19(11-15-7-9-21-13-15)12-16-6-5-14(10-17(16)18)4-2-3-8-20/h5-7,9-10,13,20H,3,8,11-12H2,1H3. The zero-order chi connectivity index (χ0) is 15.1. The number of aliphatic hydroxyl groups is 1. The lowest BCUT2D eigenvalue weighted by Gasteiger charge is -2.16. The van der Waals surface area contributed by atoms with Crippen molar-refractivity contribution in [3.05, 3.63) is 59.3 Å². The molecule has 4 heteroatoms. The lowest BCUT2D eigenvalue weighted by atomic mass is 10.1. The Morgan fingerprint density at radius 1 is 1.29 bits per heavy atom.